The van der Waals surface area contributed by atoms with Crippen molar-refractivity contribution in [2.75, 3.05) is 0 Å². The molecule has 0 unspecified atom stereocenters. The molecule has 0 saturated carbocycles. The summed E-state index contributed by atoms with van der Waals surface area (Å²) in [6.45, 7) is 6.78. The Hall–Kier alpha value is -3.43. The van der Waals surface area contributed by atoms with Crippen molar-refractivity contribution in [2.24, 2.45) is 0 Å². The molecule has 10 heteroatoms. The molecule has 150 valence electrons. The Kier molecular flexibility index (Phi) is 6.02. The first-order valence-corrected chi connectivity index (χ1v) is 8.48. The van der Waals surface area contributed by atoms with Gasteiger partial charge in [-0.1, -0.05) is 12.1 Å². The monoisotopic (exact) mass is 390 g/mol. The van der Waals surface area contributed by atoms with Crippen LogP contribution < -0.4 is 5.32 Å². The number of nitrogens with one attached hydrogen (secondary N) is 1. The van der Waals surface area contributed by atoms with Gasteiger partial charge in [0.2, 0.25) is 0 Å². The normalized spacial score (nSPS) is 12.3. The Morgan fingerprint density at radius 3 is 2.61 bits per heavy atom. The lowest BCUT2D eigenvalue weighted by Crippen LogP contribution is -2.44. The number of carbonyl (C=O) groups is 2. The van der Waals surface area contributed by atoms with Gasteiger partial charge in [-0.15, -0.1) is 4.68 Å². The number of nitro groups is 1. The van der Waals surface area contributed by atoms with Gasteiger partial charge >= 0.3 is 17.9 Å². The molecule has 1 atom stereocenters. The number of nitrogens with zero attached hydrogens (tertiary/aromatic N) is 3. The van der Waals surface area contributed by atoms with Crippen LogP contribution in [-0.2, 0) is 16.0 Å². The highest BCUT2D eigenvalue weighted by molar-refractivity contribution is 5.80. The molecule has 1 amide bonds. The first-order valence-electron chi connectivity index (χ1n) is 8.48. The Balaban J connectivity index is 2.30. The molecule has 0 aliphatic rings. The van der Waals surface area contributed by atoms with Crippen LogP contribution in [0.2, 0.25) is 0 Å². The zero-order valence-electron chi connectivity index (χ0n) is 16.0. The van der Waals surface area contributed by atoms with E-state index in [9.17, 15) is 24.8 Å². The molecule has 0 aliphatic carbocycles. The molecule has 2 rings (SSSR count). The van der Waals surface area contributed by atoms with E-state index in [1.165, 1.54) is 10.9 Å². The third kappa shape index (κ3) is 5.53. The second kappa shape index (κ2) is 8.07. The van der Waals surface area contributed by atoms with Gasteiger partial charge in [0.15, 0.2) is 0 Å². The lowest BCUT2D eigenvalue weighted by molar-refractivity contribution is -0.390. The zero-order chi connectivity index (χ0) is 21.1. The van der Waals surface area contributed by atoms with E-state index in [1.54, 1.807) is 39.0 Å². The lowest BCUT2D eigenvalue weighted by atomic mass is 10.1. The summed E-state index contributed by atoms with van der Waals surface area (Å²) in [6.07, 6.45) is 0.143. The van der Waals surface area contributed by atoms with Crippen molar-refractivity contribution in [2.45, 2.75) is 45.8 Å². The van der Waals surface area contributed by atoms with Crippen LogP contribution >= 0.6 is 0 Å². The van der Waals surface area contributed by atoms with Gasteiger partial charge in [-0.3, -0.25) is 0 Å². The van der Waals surface area contributed by atoms with Crippen molar-refractivity contribution in [3.05, 3.63) is 51.7 Å². The summed E-state index contributed by atoms with van der Waals surface area (Å²) in [5.74, 6) is -1.82. The maximum absolute atomic E-state index is 11.9. The highest BCUT2D eigenvalue weighted by Crippen LogP contribution is 2.21. The predicted octanol–water partition coefficient (Wildman–Crippen LogP) is 2.61. The van der Waals surface area contributed by atoms with E-state index in [1.807, 2.05) is 13.0 Å². The number of carbonyl (C=O) groups excluding carboxylic acids is 1. The quantitative estimate of drug-likeness (QED) is 0.571. The van der Waals surface area contributed by atoms with E-state index >= 15 is 0 Å². The molecule has 0 bridgehead atoms. The van der Waals surface area contributed by atoms with Crippen LogP contribution in [0.1, 0.15) is 31.9 Å². The molecule has 0 saturated heterocycles. The molecule has 0 spiro atoms. The van der Waals surface area contributed by atoms with Gasteiger partial charge < -0.3 is 25.3 Å². The molecular weight excluding hydrogens is 368 g/mol. The second-order valence-electron chi connectivity index (χ2n) is 7.26. The molecule has 10 nitrogen and oxygen atoms in total. The topological polar surface area (TPSA) is 137 Å². The number of hydrogen-bond acceptors (Lipinski definition) is 6. The Morgan fingerprint density at radius 1 is 1.39 bits per heavy atom. The second-order valence-corrected chi connectivity index (χ2v) is 7.26. The maximum atomic E-state index is 11.9. The summed E-state index contributed by atoms with van der Waals surface area (Å²) < 4.78 is 6.37. The molecule has 1 aromatic heterocycles. The van der Waals surface area contributed by atoms with Crippen LogP contribution in [-0.4, -0.2) is 43.5 Å². The van der Waals surface area contributed by atoms with Gasteiger partial charge in [0.05, 0.1) is 22.5 Å². The highest BCUT2D eigenvalue weighted by atomic mass is 16.6. The average Bonchev–Trinajstić information content (AvgIpc) is 2.96. The molecule has 1 heterocycles. The van der Waals surface area contributed by atoms with Crippen molar-refractivity contribution < 1.29 is 24.4 Å². The molecule has 0 aliphatic heterocycles. The van der Waals surface area contributed by atoms with E-state index in [0.29, 0.717) is 5.69 Å². The Morgan fingerprint density at radius 2 is 2.07 bits per heavy atom. The van der Waals surface area contributed by atoms with Crippen LogP contribution in [0.3, 0.4) is 0 Å². The largest absolute Gasteiger partial charge is 0.480 e. The van der Waals surface area contributed by atoms with Crippen LogP contribution in [0.4, 0.5) is 10.6 Å². The van der Waals surface area contributed by atoms with Crippen LogP contribution in [0, 0.1) is 17.0 Å². The molecule has 2 aromatic rings. The summed E-state index contributed by atoms with van der Waals surface area (Å²) in [7, 11) is 0. The summed E-state index contributed by atoms with van der Waals surface area (Å²) in [6, 6.07) is 5.74. The van der Waals surface area contributed by atoms with Gasteiger partial charge in [-0.25, -0.2) is 9.59 Å². The minimum atomic E-state index is -1.41. The summed E-state index contributed by atoms with van der Waals surface area (Å²) >= 11 is 0. The van der Waals surface area contributed by atoms with E-state index in [-0.39, 0.29) is 12.0 Å². The third-order valence-corrected chi connectivity index (χ3v) is 3.62. The number of aromatic nitrogens is 2. The number of aliphatic carboxylic acids is 1. The fourth-order valence-corrected chi connectivity index (χ4v) is 2.47. The molecule has 1 aromatic carbocycles. The number of rotatable bonds is 6. The molecular formula is C18H22N4O6. The van der Waals surface area contributed by atoms with Gasteiger partial charge in [0, 0.05) is 6.42 Å². The highest BCUT2D eigenvalue weighted by Gasteiger charge is 2.30. The van der Waals surface area contributed by atoms with Crippen molar-refractivity contribution in [1.82, 2.24) is 15.1 Å². The first kappa shape index (κ1) is 20.9. The molecule has 0 radical (unpaired) electrons. The SMILES string of the molecule is Cc1cccc(-n2cc(C[C@H](NC(=O)OC(C)(C)C)C(=O)O)c([N+](=O)[O-])n2)c1. The van der Waals surface area contributed by atoms with Crippen molar-refractivity contribution >= 4 is 17.9 Å². The van der Waals surface area contributed by atoms with E-state index < -0.39 is 34.4 Å². The van der Waals surface area contributed by atoms with Crippen LogP contribution in [0.5, 0.6) is 0 Å². The van der Waals surface area contributed by atoms with Crippen LogP contribution in [0.25, 0.3) is 5.69 Å². The van der Waals surface area contributed by atoms with E-state index in [2.05, 4.69) is 10.4 Å². The van der Waals surface area contributed by atoms with Crippen molar-refractivity contribution in [3.8, 4) is 5.69 Å². The fourth-order valence-electron chi connectivity index (χ4n) is 2.47. The first-order chi connectivity index (χ1) is 13.0. The zero-order valence-corrected chi connectivity index (χ0v) is 16.0. The number of ether oxygens (including phenoxy) is 1. The number of amides is 1. The molecule has 2 N–H and O–H groups in total. The number of hydrogen-bond donors (Lipinski definition) is 2. The van der Waals surface area contributed by atoms with Crippen LogP contribution in [0.15, 0.2) is 30.5 Å². The van der Waals surface area contributed by atoms with Gasteiger partial charge in [0.25, 0.3) is 0 Å². The minimum Gasteiger partial charge on any atom is -0.480 e. The number of aryl methyl sites for hydroxylation is 1. The Labute approximate surface area is 161 Å². The van der Waals surface area contributed by atoms with Gasteiger partial charge in [-0.2, -0.15) is 0 Å². The third-order valence-electron chi connectivity index (χ3n) is 3.62. The van der Waals surface area contributed by atoms with E-state index in [4.69, 9.17) is 4.74 Å². The van der Waals surface area contributed by atoms with E-state index in [0.717, 1.165) is 5.56 Å². The summed E-state index contributed by atoms with van der Waals surface area (Å²) in [5, 5.41) is 26.9. The summed E-state index contributed by atoms with van der Waals surface area (Å²) in [4.78, 5) is 34.1. The molecule has 28 heavy (non-hydrogen) atoms. The predicted molar refractivity (Wildman–Crippen MR) is 99.5 cm³/mol. The summed E-state index contributed by atoms with van der Waals surface area (Å²) in [5.41, 5.74) is 0.804. The van der Waals surface area contributed by atoms with Crippen molar-refractivity contribution in [1.29, 1.82) is 0 Å². The average molecular weight is 390 g/mol. The van der Waals surface area contributed by atoms with Gasteiger partial charge in [-0.05, 0) is 50.3 Å². The van der Waals surface area contributed by atoms with Gasteiger partial charge in [0.1, 0.15) is 11.6 Å². The number of benzene rings is 1. The lowest BCUT2D eigenvalue weighted by Gasteiger charge is -2.21. The molecule has 0 fully saturated rings. The maximum Gasteiger partial charge on any atom is 0.408 e. The Bertz CT molecular complexity index is 900. The van der Waals surface area contributed by atoms with Crippen molar-refractivity contribution in [3.63, 3.8) is 0 Å². The number of carboxylic acid groups (broad SMARTS) is 1. The number of alkyl carbamates (subject to hydrolysis) is 1. The number of carboxylic acids is 1. The minimum absolute atomic E-state index is 0.0787. The standard InChI is InChI=1S/C18H22N4O6/c1-11-6-5-7-13(8-11)21-10-12(15(20-21)22(26)27)9-14(16(23)24)19-17(25)28-18(2,3)4/h5-8,10,14H,9H2,1-4H3,(H,19,25)(H,23,24)/t14-/m0/s1. The fraction of sp³-hybridized carbons (Fsp3) is 0.389. The smallest absolute Gasteiger partial charge is 0.408 e.